The SMILES string of the molecule is COCC1(NC(=O)[C@H](C)n2ccnc2C)CCCC1. The monoisotopic (exact) mass is 265 g/mol. The highest BCUT2D eigenvalue weighted by atomic mass is 16.5. The van der Waals surface area contributed by atoms with E-state index in [0.717, 1.165) is 31.5 Å². The van der Waals surface area contributed by atoms with Gasteiger partial charge in [0.15, 0.2) is 0 Å². The quantitative estimate of drug-likeness (QED) is 0.883. The Labute approximate surface area is 114 Å². The number of hydrogen-bond donors (Lipinski definition) is 1. The van der Waals surface area contributed by atoms with E-state index in [4.69, 9.17) is 4.74 Å². The van der Waals surface area contributed by atoms with Gasteiger partial charge in [-0.3, -0.25) is 4.79 Å². The normalized spacial score (nSPS) is 19.3. The zero-order chi connectivity index (χ0) is 13.9. The van der Waals surface area contributed by atoms with Crippen molar-refractivity contribution in [3.63, 3.8) is 0 Å². The highest BCUT2D eigenvalue weighted by Gasteiger charge is 2.36. The van der Waals surface area contributed by atoms with Crippen LogP contribution >= 0.6 is 0 Å². The Morgan fingerprint density at radius 2 is 2.26 bits per heavy atom. The maximum atomic E-state index is 12.4. The molecule has 0 unspecified atom stereocenters. The van der Waals surface area contributed by atoms with E-state index < -0.39 is 0 Å². The second-order valence-corrected chi connectivity index (χ2v) is 5.47. The van der Waals surface area contributed by atoms with Crippen LogP contribution in [0, 0.1) is 6.92 Å². The van der Waals surface area contributed by atoms with Crippen molar-refractivity contribution in [2.75, 3.05) is 13.7 Å². The van der Waals surface area contributed by atoms with Crippen LogP contribution in [0.5, 0.6) is 0 Å². The Kier molecular flexibility index (Phi) is 4.24. The molecule has 1 aliphatic rings. The van der Waals surface area contributed by atoms with Crippen molar-refractivity contribution >= 4 is 5.91 Å². The second kappa shape index (κ2) is 5.74. The summed E-state index contributed by atoms with van der Waals surface area (Å²) in [7, 11) is 1.69. The highest BCUT2D eigenvalue weighted by molar-refractivity contribution is 5.80. The van der Waals surface area contributed by atoms with Gasteiger partial charge in [-0.15, -0.1) is 0 Å². The number of hydrogen-bond acceptors (Lipinski definition) is 3. The zero-order valence-corrected chi connectivity index (χ0v) is 12.0. The molecule has 0 aliphatic heterocycles. The number of aromatic nitrogens is 2. The number of nitrogens with zero attached hydrogens (tertiary/aromatic N) is 2. The van der Waals surface area contributed by atoms with Crippen LogP contribution in [0.1, 0.15) is 44.5 Å². The van der Waals surface area contributed by atoms with Gasteiger partial charge in [0.05, 0.1) is 12.1 Å². The molecule has 19 heavy (non-hydrogen) atoms. The van der Waals surface area contributed by atoms with E-state index in [2.05, 4.69) is 10.3 Å². The molecule has 0 spiro atoms. The molecule has 1 aromatic heterocycles. The van der Waals surface area contributed by atoms with Gasteiger partial charge >= 0.3 is 0 Å². The molecule has 1 aliphatic carbocycles. The van der Waals surface area contributed by atoms with Crippen LogP contribution in [0.15, 0.2) is 12.4 Å². The second-order valence-electron chi connectivity index (χ2n) is 5.47. The van der Waals surface area contributed by atoms with Crippen molar-refractivity contribution in [2.24, 2.45) is 0 Å². The molecule has 0 radical (unpaired) electrons. The fourth-order valence-electron chi connectivity index (χ4n) is 2.92. The molecule has 2 rings (SSSR count). The third kappa shape index (κ3) is 2.97. The van der Waals surface area contributed by atoms with Crippen molar-refractivity contribution in [1.82, 2.24) is 14.9 Å². The van der Waals surface area contributed by atoms with E-state index in [9.17, 15) is 4.79 Å². The Balaban J connectivity index is 2.05. The Morgan fingerprint density at radius 1 is 1.58 bits per heavy atom. The zero-order valence-electron chi connectivity index (χ0n) is 12.0. The molecule has 1 atom stereocenters. The summed E-state index contributed by atoms with van der Waals surface area (Å²) in [5.74, 6) is 0.898. The molecule has 1 N–H and O–H groups in total. The molecule has 106 valence electrons. The minimum atomic E-state index is -0.239. The summed E-state index contributed by atoms with van der Waals surface area (Å²) >= 11 is 0. The van der Waals surface area contributed by atoms with Gasteiger partial charge in [0.1, 0.15) is 11.9 Å². The summed E-state index contributed by atoms with van der Waals surface area (Å²) < 4.78 is 7.18. The first-order valence-electron chi connectivity index (χ1n) is 6.88. The molecular formula is C14H23N3O2. The summed E-state index contributed by atoms with van der Waals surface area (Å²) in [6.45, 7) is 4.40. The lowest BCUT2D eigenvalue weighted by Gasteiger charge is -2.31. The van der Waals surface area contributed by atoms with E-state index in [0.29, 0.717) is 6.61 Å². The first kappa shape index (κ1) is 14.1. The van der Waals surface area contributed by atoms with Gasteiger partial charge in [-0.1, -0.05) is 12.8 Å². The third-order valence-electron chi connectivity index (χ3n) is 4.03. The van der Waals surface area contributed by atoms with Crippen molar-refractivity contribution in [1.29, 1.82) is 0 Å². The largest absolute Gasteiger partial charge is 0.382 e. The Bertz CT molecular complexity index is 436. The molecule has 1 heterocycles. The molecule has 1 fully saturated rings. The summed E-state index contributed by atoms with van der Waals surface area (Å²) in [6, 6.07) is -0.239. The lowest BCUT2D eigenvalue weighted by Crippen LogP contribution is -2.51. The minimum Gasteiger partial charge on any atom is -0.382 e. The summed E-state index contributed by atoms with van der Waals surface area (Å²) in [5.41, 5.74) is -0.172. The fraction of sp³-hybridized carbons (Fsp3) is 0.714. The maximum absolute atomic E-state index is 12.4. The van der Waals surface area contributed by atoms with E-state index in [1.807, 2.05) is 24.6 Å². The van der Waals surface area contributed by atoms with E-state index in [1.165, 1.54) is 0 Å². The number of aryl methyl sites for hydroxylation is 1. The van der Waals surface area contributed by atoms with Crippen molar-refractivity contribution in [3.05, 3.63) is 18.2 Å². The molecule has 1 saturated carbocycles. The van der Waals surface area contributed by atoms with Crippen molar-refractivity contribution in [2.45, 2.75) is 51.1 Å². The van der Waals surface area contributed by atoms with E-state index >= 15 is 0 Å². The average molecular weight is 265 g/mol. The van der Waals surface area contributed by atoms with Crippen molar-refractivity contribution in [3.8, 4) is 0 Å². The van der Waals surface area contributed by atoms with Crippen LogP contribution in [0.3, 0.4) is 0 Å². The molecule has 1 aromatic rings. The first-order chi connectivity index (χ1) is 9.08. The Hall–Kier alpha value is -1.36. The van der Waals surface area contributed by atoms with Crippen LogP contribution in [0.2, 0.25) is 0 Å². The predicted molar refractivity (Wildman–Crippen MR) is 72.9 cm³/mol. The van der Waals surface area contributed by atoms with E-state index in [1.54, 1.807) is 13.3 Å². The number of imidazole rings is 1. The van der Waals surface area contributed by atoms with Gasteiger partial charge in [0, 0.05) is 19.5 Å². The van der Waals surface area contributed by atoms with Crippen molar-refractivity contribution < 1.29 is 9.53 Å². The number of methoxy groups -OCH3 is 1. The van der Waals surface area contributed by atoms with Crippen LogP contribution in [0.25, 0.3) is 0 Å². The van der Waals surface area contributed by atoms with Gasteiger partial charge in [-0.25, -0.2) is 4.98 Å². The number of carbonyl (C=O) groups excluding carboxylic acids is 1. The van der Waals surface area contributed by atoms with Gasteiger partial charge < -0.3 is 14.6 Å². The highest BCUT2D eigenvalue weighted by Crippen LogP contribution is 2.30. The van der Waals surface area contributed by atoms with E-state index in [-0.39, 0.29) is 17.5 Å². The van der Waals surface area contributed by atoms with Crippen LogP contribution in [0.4, 0.5) is 0 Å². The van der Waals surface area contributed by atoms with Crippen LogP contribution in [-0.4, -0.2) is 34.7 Å². The number of amides is 1. The van der Waals surface area contributed by atoms with Crippen LogP contribution in [-0.2, 0) is 9.53 Å². The van der Waals surface area contributed by atoms with Gasteiger partial charge in [-0.2, -0.15) is 0 Å². The number of ether oxygens (including phenoxy) is 1. The molecule has 5 heteroatoms. The molecular weight excluding hydrogens is 242 g/mol. The lowest BCUT2D eigenvalue weighted by molar-refractivity contribution is -0.126. The van der Waals surface area contributed by atoms with Gasteiger partial charge in [0.25, 0.3) is 0 Å². The molecule has 0 bridgehead atoms. The lowest BCUT2D eigenvalue weighted by atomic mass is 9.98. The first-order valence-corrected chi connectivity index (χ1v) is 6.88. The van der Waals surface area contributed by atoms with Gasteiger partial charge in [-0.05, 0) is 26.7 Å². The summed E-state index contributed by atoms with van der Waals surface area (Å²) in [4.78, 5) is 16.6. The maximum Gasteiger partial charge on any atom is 0.243 e. The molecule has 0 aromatic carbocycles. The molecule has 1 amide bonds. The Morgan fingerprint density at radius 3 is 2.79 bits per heavy atom. The average Bonchev–Trinajstić information content (AvgIpc) is 2.98. The number of nitrogens with one attached hydrogen (secondary N) is 1. The topological polar surface area (TPSA) is 56.1 Å². The predicted octanol–water partition coefficient (Wildman–Crippen LogP) is 1.83. The molecule has 0 saturated heterocycles. The van der Waals surface area contributed by atoms with Crippen LogP contribution < -0.4 is 5.32 Å². The standard InChI is InChI=1S/C14H23N3O2/c1-11(17-9-8-15-12(17)2)13(18)16-14(10-19-3)6-4-5-7-14/h8-9,11H,4-7,10H2,1-3H3,(H,16,18)/t11-/m0/s1. The smallest absolute Gasteiger partial charge is 0.243 e. The fourth-order valence-corrected chi connectivity index (χ4v) is 2.92. The number of rotatable bonds is 5. The molecule has 5 nitrogen and oxygen atoms in total. The minimum absolute atomic E-state index is 0.0417. The third-order valence-corrected chi connectivity index (χ3v) is 4.03. The van der Waals surface area contributed by atoms with Gasteiger partial charge in [0.2, 0.25) is 5.91 Å². The summed E-state index contributed by atoms with van der Waals surface area (Å²) in [5, 5.41) is 3.20. The number of carbonyl (C=O) groups is 1. The summed E-state index contributed by atoms with van der Waals surface area (Å²) in [6.07, 6.45) is 7.88.